The summed E-state index contributed by atoms with van der Waals surface area (Å²) < 4.78 is 1.14. The van der Waals surface area contributed by atoms with E-state index in [0.29, 0.717) is 27.1 Å². The molecule has 2 aromatic carbocycles. The van der Waals surface area contributed by atoms with Gasteiger partial charge in [-0.05, 0) is 44.2 Å². The lowest BCUT2D eigenvalue weighted by Crippen LogP contribution is -2.25. The SMILES string of the molecule is Cc1ccc(NC(=O)c2c(C(=O)Nc3cc(Cl)cc(Cl)c3)sc3nc(C)cc(=O)n23)cc1. The largest absolute Gasteiger partial charge is 0.321 e. The molecule has 2 aromatic heterocycles. The fourth-order valence-electron chi connectivity index (χ4n) is 3.09. The number of fused-ring (bicyclic) bond motifs is 1. The summed E-state index contributed by atoms with van der Waals surface area (Å²) in [5.74, 6) is -1.20. The summed E-state index contributed by atoms with van der Waals surface area (Å²) in [6.07, 6.45) is 0. The number of hydrogen-bond acceptors (Lipinski definition) is 5. The average Bonchev–Trinajstić information content (AvgIpc) is 3.09. The van der Waals surface area contributed by atoms with Gasteiger partial charge in [0.1, 0.15) is 10.6 Å². The van der Waals surface area contributed by atoms with Crippen molar-refractivity contribution in [1.82, 2.24) is 9.38 Å². The van der Waals surface area contributed by atoms with Crippen molar-refractivity contribution in [3.63, 3.8) is 0 Å². The summed E-state index contributed by atoms with van der Waals surface area (Å²) in [6, 6.07) is 13.1. The first kappa shape index (κ1) is 22.0. The van der Waals surface area contributed by atoms with Crippen LogP contribution in [0.5, 0.6) is 0 Å². The van der Waals surface area contributed by atoms with E-state index in [2.05, 4.69) is 15.6 Å². The molecule has 4 aromatic rings. The topological polar surface area (TPSA) is 92.6 Å². The number of carbonyl (C=O) groups excluding carboxylic acids is 2. The fourth-order valence-corrected chi connectivity index (χ4v) is 4.68. The van der Waals surface area contributed by atoms with Crippen LogP contribution in [0.25, 0.3) is 4.96 Å². The first-order valence-corrected chi connectivity index (χ1v) is 11.0. The molecule has 0 spiro atoms. The van der Waals surface area contributed by atoms with E-state index in [1.165, 1.54) is 24.3 Å². The van der Waals surface area contributed by atoms with Crippen molar-refractivity contribution in [1.29, 1.82) is 0 Å². The molecule has 0 atom stereocenters. The zero-order chi connectivity index (χ0) is 23.0. The minimum absolute atomic E-state index is 0.0286. The Hall–Kier alpha value is -3.20. The number of aromatic nitrogens is 2. The molecular formula is C22H16Cl2N4O3S. The normalized spacial score (nSPS) is 10.9. The lowest BCUT2D eigenvalue weighted by Gasteiger charge is -2.09. The summed E-state index contributed by atoms with van der Waals surface area (Å²) in [5.41, 5.74) is 1.83. The van der Waals surface area contributed by atoms with Crippen molar-refractivity contribution in [2.24, 2.45) is 0 Å². The van der Waals surface area contributed by atoms with Gasteiger partial charge < -0.3 is 10.6 Å². The maximum absolute atomic E-state index is 13.2. The van der Waals surface area contributed by atoms with Gasteiger partial charge in [0.2, 0.25) is 0 Å². The maximum Gasteiger partial charge on any atom is 0.274 e. The number of nitrogens with zero attached hydrogens (tertiary/aromatic N) is 2. The van der Waals surface area contributed by atoms with E-state index in [1.54, 1.807) is 19.1 Å². The molecule has 7 nitrogen and oxygen atoms in total. The number of thiazole rings is 1. The molecule has 0 aliphatic rings. The lowest BCUT2D eigenvalue weighted by molar-refractivity contribution is 0.0989. The molecule has 2 heterocycles. The van der Waals surface area contributed by atoms with Crippen LogP contribution in [-0.2, 0) is 0 Å². The van der Waals surface area contributed by atoms with Crippen molar-refractivity contribution in [3.05, 3.63) is 90.8 Å². The fraction of sp³-hybridized carbons (Fsp3) is 0.0909. The molecule has 0 aliphatic carbocycles. The Bertz CT molecular complexity index is 1410. The van der Waals surface area contributed by atoms with Crippen LogP contribution >= 0.6 is 34.5 Å². The second-order valence-electron chi connectivity index (χ2n) is 7.07. The van der Waals surface area contributed by atoms with E-state index in [0.717, 1.165) is 21.3 Å². The summed E-state index contributed by atoms with van der Waals surface area (Å²) in [4.78, 5) is 43.6. The minimum Gasteiger partial charge on any atom is -0.321 e. The van der Waals surface area contributed by atoms with Crippen LogP contribution in [0.3, 0.4) is 0 Å². The van der Waals surface area contributed by atoms with Crippen LogP contribution < -0.4 is 16.2 Å². The summed E-state index contributed by atoms with van der Waals surface area (Å²) in [5, 5.41) is 6.11. The van der Waals surface area contributed by atoms with Crippen molar-refractivity contribution in [3.8, 4) is 0 Å². The Balaban J connectivity index is 1.79. The molecule has 0 unspecified atom stereocenters. The lowest BCUT2D eigenvalue weighted by atomic mass is 10.2. The van der Waals surface area contributed by atoms with E-state index in [4.69, 9.17) is 23.2 Å². The molecule has 10 heteroatoms. The van der Waals surface area contributed by atoms with E-state index in [-0.39, 0.29) is 15.5 Å². The zero-order valence-electron chi connectivity index (χ0n) is 16.9. The number of anilines is 2. The predicted molar refractivity (Wildman–Crippen MR) is 128 cm³/mol. The zero-order valence-corrected chi connectivity index (χ0v) is 19.2. The number of aryl methyl sites for hydroxylation is 2. The van der Waals surface area contributed by atoms with Crippen molar-refractivity contribution in [2.45, 2.75) is 13.8 Å². The van der Waals surface area contributed by atoms with Crippen LogP contribution in [0, 0.1) is 13.8 Å². The highest BCUT2D eigenvalue weighted by molar-refractivity contribution is 7.19. The highest BCUT2D eigenvalue weighted by Gasteiger charge is 2.26. The summed E-state index contributed by atoms with van der Waals surface area (Å²) >= 11 is 13.0. The highest BCUT2D eigenvalue weighted by atomic mass is 35.5. The van der Waals surface area contributed by atoms with Gasteiger partial charge in [-0.1, -0.05) is 52.2 Å². The number of carbonyl (C=O) groups is 2. The van der Waals surface area contributed by atoms with Gasteiger partial charge in [-0.15, -0.1) is 0 Å². The molecule has 162 valence electrons. The Labute approximate surface area is 196 Å². The van der Waals surface area contributed by atoms with Crippen LogP contribution in [0.4, 0.5) is 11.4 Å². The molecule has 0 fully saturated rings. The molecule has 0 aliphatic heterocycles. The smallest absolute Gasteiger partial charge is 0.274 e. The molecular weight excluding hydrogens is 471 g/mol. The minimum atomic E-state index is -0.609. The van der Waals surface area contributed by atoms with Crippen LogP contribution in [0.15, 0.2) is 53.3 Å². The second kappa shape index (κ2) is 8.74. The molecule has 2 amide bonds. The van der Waals surface area contributed by atoms with Gasteiger partial charge >= 0.3 is 0 Å². The number of benzene rings is 2. The van der Waals surface area contributed by atoms with Crippen LogP contribution in [0.1, 0.15) is 31.4 Å². The molecule has 2 N–H and O–H groups in total. The molecule has 4 rings (SSSR count). The summed E-state index contributed by atoms with van der Waals surface area (Å²) in [7, 11) is 0. The number of rotatable bonds is 4. The van der Waals surface area contributed by atoms with Crippen LogP contribution in [0.2, 0.25) is 10.0 Å². The standard InChI is InChI=1S/C22H16Cl2N4O3S/c1-11-3-5-15(6-4-11)26-20(30)18-19(32-22-25-12(2)7-17(29)28(18)22)21(31)27-16-9-13(23)8-14(24)10-16/h3-10H,1-2H3,(H,26,30)(H,27,31). The third kappa shape index (κ3) is 4.52. The molecule has 0 bridgehead atoms. The van der Waals surface area contributed by atoms with Gasteiger partial charge in [0.15, 0.2) is 4.96 Å². The third-order valence-corrected chi connectivity index (χ3v) is 5.97. The average molecular weight is 487 g/mol. The van der Waals surface area contributed by atoms with Crippen molar-refractivity contribution >= 4 is 62.7 Å². The van der Waals surface area contributed by atoms with E-state index < -0.39 is 17.4 Å². The third-order valence-electron chi connectivity index (χ3n) is 4.50. The molecule has 0 saturated heterocycles. The number of halogens is 2. The highest BCUT2D eigenvalue weighted by Crippen LogP contribution is 2.26. The van der Waals surface area contributed by atoms with Gasteiger partial charge in [-0.3, -0.25) is 14.4 Å². The Morgan fingerprint density at radius 3 is 2.19 bits per heavy atom. The number of amides is 2. The van der Waals surface area contributed by atoms with E-state index in [9.17, 15) is 14.4 Å². The van der Waals surface area contributed by atoms with Gasteiger partial charge in [-0.2, -0.15) is 0 Å². The Morgan fingerprint density at radius 1 is 0.906 bits per heavy atom. The van der Waals surface area contributed by atoms with E-state index >= 15 is 0 Å². The van der Waals surface area contributed by atoms with Gasteiger partial charge in [0.05, 0.1) is 0 Å². The van der Waals surface area contributed by atoms with E-state index in [1.807, 2.05) is 19.1 Å². The van der Waals surface area contributed by atoms with Gasteiger partial charge in [0.25, 0.3) is 17.4 Å². The maximum atomic E-state index is 13.2. The number of hydrogen-bond donors (Lipinski definition) is 2. The van der Waals surface area contributed by atoms with Crippen LogP contribution in [-0.4, -0.2) is 21.2 Å². The Kier molecular flexibility index (Phi) is 6.01. The Morgan fingerprint density at radius 2 is 1.53 bits per heavy atom. The molecule has 32 heavy (non-hydrogen) atoms. The first-order valence-electron chi connectivity index (χ1n) is 9.40. The molecule has 0 radical (unpaired) electrons. The second-order valence-corrected chi connectivity index (χ2v) is 8.92. The monoisotopic (exact) mass is 486 g/mol. The van der Waals surface area contributed by atoms with Gasteiger partial charge in [0, 0.05) is 33.2 Å². The first-order chi connectivity index (χ1) is 15.2. The van der Waals surface area contributed by atoms with Crippen molar-refractivity contribution < 1.29 is 9.59 Å². The number of nitrogens with one attached hydrogen (secondary N) is 2. The quantitative estimate of drug-likeness (QED) is 0.415. The van der Waals surface area contributed by atoms with Gasteiger partial charge in [-0.25, -0.2) is 9.38 Å². The molecule has 0 saturated carbocycles. The predicted octanol–water partition coefficient (Wildman–Crippen LogP) is 5.18. The summed E-state index contributed by atoms with van der Waals surface area (Å²) in [6.45, 7) is 3.59. The van der Waals surface area contributed by atoms with Crippen molar-refractivity contribution in [2.75, 3.05) is 10.6 Å².